The number of aromatic nitrogens is 2. The van der Waals surface area contributed by atoms with Crippen molar-refractivity contribution in [1.82, 2.24) is 9.55 Å². The first-order valence-electron chi connectivity index (χ1n) is 7.66. The lowest BCUT2D eigenvalue weighted by Crippen LogP contribution is -2.22. The van der Waals surface area contributed by atoms with Gasteiger partial charge in [-0.1, -0.05) is 35.5 Å². The summed E-state index contributed by atoms with van der Waals surface area (Å²) in [5.41, 5.74) is 0.0766. The molecule has 1 N–H and O–H groups in total. The van der Waals surface area contributed by atoms with Crippen LogP contribution in [0.25, 0.3) is 5.69 Å². The van der Waals surface area contributed by atoms with Gasteiger partial charge in [-0.25, -0.2) is 13.8 Å². The van der Waals surface area contributed by atoms with Gasteiger partial charge >= 0.3 is 0 Å². The highest BCUT2D eigenvalue weighted by Crippen LogP contribution is 2.21. The number of rotatable bonds is 5. The minimum Gasteiger partial charge on any atom is -0.324 e. The molecule has 2 aromatic carbocycles. The number of hydrogen-bond donors (Lipinski definition) is 1. The van der Waals surface area contributed by atoms with Crippen LogP contribution in [0.3, 0.4) is 0 Å². The smallest absolute Gasteiger partial charge is 0.287 e. The summed E-state index contributed by atoms with van der Waals surface area (Å²) in [6.07, 6.45) is 2.68. The van der Waals surface area contributed by atoms with Crippen molar-refractivity contribution < 1.29 is 13.6 Å². The monoisotopic (exact) mass is 407 g/mol. The minimum atomic E-state index is -1.07. The normalized spacial score (nSPS) is 10.6. The van der Waals surface area contributed by atoms with Gasteiger partial charge in [0.05, 0.1) is 22.2 Å². The summed E-state index contributed by atoms with van der Waals surface area (Å²) < 4.78 is 27.6. The van der Waals surface area contributed by atoms with Crippen LogP contribution in [-0.2, 0) is 4.79 Å². The molecule has 1 aromatic heterocycles. The topological polar surface area (TPSA) is 64.0 Å². The zero-order valence-electron chi connectivity index (χ0n) is 13.7. The van der Waals surface area contributed by atoms with Gasteiger partial charge in [0.25, 0.3) is 5.56 Å². The van der Waals surface area contributed by atoms with Gasteiger partial charge in [-0.15, -0.1) is 0 Å². The summed E-state index contributed by atoms with van der Waals surface area (Å²) in [6, 6.07) is 9.88. The largest absolute Gasteiger partial charge is 0.324 e. The average Bonchev–Trinajstić information content (AvgIpc) is 2.65. The Labute approximate surface area is 162 Å². The Balaban J connectivity index is 1.74. The first-order valence-corrected chi connectivity index (χ1v) is 9.02. The molecule has 0 aliphatic rings. The molecule has 0 saturated heterocycles. The van der Waals surface area contributed by atoms with E-state index in [0.29, 0.717) is 10.7 Å². The van der Waals surface area contributed by atoms with Crippen LogP contribution in [0.5, 0.6) is 0 Å². The number of anilines is 1. The van der Waals surface area contributed by atoms with Crippen molar-refractivity contribution >= 4 is 35.0 Å². The van der Waals surface area contributed by atoms with Gasteiger partial charge in [0.1, 0.15) is 0 Å². The fourth-order valence-corrected chi connectivity index (χ4v) is 3.09. The Morgan fingerprint density at radius 1 is 1.19 bits per heavy atom. The van der Waals surface area contributed by atoms with E-state index in [1.54, 1.807) is 24.3 Å². The van der Waals surface area contributed by atoms with Crippen LogP contribution in [-0.4, -0.2) is 21.2 Å². The summed E-state index contributed by atoms with van der Waals surface area (Å²) in [6.45, 7) is 0. The second-order valence-electron chi connectivity index (χ2n) is 5.32. The number of para-hydroxylation sites is 1. The van der Waals surface area contributed by atoms with Gasteiger partial charge in [-0.2, -0.15) is 0 Å². The average molecular weight is 408 g/mol. The number of benzene rings is 2. The summed E-state index contributed by atoms with van der Waals surface area (Å²) in [5, 5.41) is 3.09. The van der Waals surface area contributed by atoms with Crippen LogP contribution in [0.1, 0.15) is 0 Å². The molecule has 138 valence electrons. The van der Waals surface area contributed by atoms with Gasteiger partial charge in [0, 0.05) is 18.5 Å². The van der Waals surface area contributed by atoms with E-state index in [2.05, 4.69) is 10.3 Å². The molecule has 0 spiro atoms. The van der Waals surface area contributed by atoms with Crippen molar-refractivity contribution in [3.63, 3.8) is 0 Å². The molecular weight excluding hydrogens is 396 g/mol. The SMILES string of the molecule is O=C(CSc1nccn(-c2ccc(F)c(F)c2)c1=O)Nc1ccccc1Cl. The Morgan fingerprint density at radius 3 is 2.70 bits per heavy atom. The van der Waals surface area contributed by atoms with Crippen LogP contribution in [0, 0.1) is 11.6 Å². The molecule has 3 aromatic rings. The third-order valence-corrected chi connectivity index (χ3v) is 4.77. The molecule has 1 heterocycles. The molecule has 9 heteroatoms. The molecular formula is C18H12ClF2N3O2S. The molecule has 0 aliphatic heterocycles. The van der Waals surface area contributed by atoms with Crippen molar-refractivity contribution in [3.8, 4) is 5.69 Å². The number of amides is 1. The van der Waals surface area contributed by atoms with Crippen LogP contribution in [0.15, 0.2) is 64.7 Å². The summed E-state index contributed by atoms with van der Waals surface area (Å²) in [5.74, 6) is -2.51. The van der Waals surface area contributed by atoms with Gasteiger partial charge in [0.15, 0.2) is 16.7 Å². The first-order chi connectivity index (χ1) is 13.0. The predicted octanol–water partition coefficient (Wildman–Crippen LogP) is 3.89. The summed E-state index contributed by atoms with van der Waals surface area (Å²) in [4.78, 5) is 28.5. The zero-order chi connectivity index (χ0) is 19.4. The quantitative estimate of drug-likeness (QED) is 0.652. The van der Waals surface area contributed by atoms with Crippen molar-refractivity contribution in [1.29, 1.82) is 0 Å². The highest BCUT2D eigenvalue weighted by atomic mass is 35.5. The molecule has 1 amide bonds. The molecule has 0 atom stereocenters. The van der Waals surface area contributed by atoms with Crippen molar-refractivity contribution in [2.24, 2.45) is 0 Å². The van der Waals surface area contributed by atoms with Crippen LogP contribution >= 0.6 is 23.4 Å². The van der Waals surface area contributed by atoms with Gasteiger partial charge in [0.2, 0.25) is 5.91 Å². The molecule has 0 unspecified atom stereocenters. The highest BCUT2D eigenvalue weighted by molar-refractivity contribution is 7.99. The number of carbonyl (C=O) groups excluding carboxylic acids is 1. The van der Waals surface area contributed by atoms with Gasteiger partial charge in [-0.05, 0) is 24.3 Å². The maximum Gasteiger partial charge on any atom is 0.287 e. The van der Waals surface area contributed by atoms with Crippen LogP contribution in [0.4, 0.5) is 14.5 Å². The van der Waals surface area contributed by atoms with E-state index >= 15 is 0 Å². The Morgan fingerprint density at radius 2 is 1.96 bits per heavy atom. The fraction of sp³-hybridized carbons (Fsp3) is 0.0556. The van der Waals surface area contributed by atoms with Crippen molar-refractivity contribution in [2.45, 2.75) is 5.03 Å². The molecule has 0 saturated carbocycles. The summed E-state index contributed by atoms with van der Waals surface area (Å²) >= 11 is 6.91. The standard InChI is InChI=1S/C18H12ClF2N3O2S/c19-12-3-1-2-4-15(12)23-16(25)10-27-17-18(26)24(8-7-22-17)11-5-6-13(20)14(21)9-11/h1-9H,10H2,(H,23,25). The van der Waals surface area contributed by atoms with Crippen LogP contribution in [0.2, 0.25) is 5.02 Å². The Hall–Kier alpha value is -2.71. The van der Waals surface area contributed by atoms with Crippen LogP contribution < -0.4 is 10.9 Å². The number of hydrogen-bond acceptors (Lipinski definition) is 4. The van der Waals surface area contributed by atoms with E-state index in [1.165, 1.54) is 18.5 Å². The van der Waals surface area contributed by atoms with E-state index in [0.717, 1.165) is 28.5 Å². The molecule has 5 nitrogen and oxygen atoms in total. The van der Waals surface area contributed by atoms with E-state index in [-0.39, 0.29) is 22.4 Å². The van der Waals surface area contributed by atoms with E-state index in [9.17, 15) is 18.4 Å². The number of halogens is 3. The maximum atomic E-state index is 13.4. The summed E-state index contributed by atoms with van der Waals surface area (Å²) in [7, 11) is 0. The number of thioether (sulfide) groups is 1. The van der Waals surface area contributed by atoms with E-state index in [4.69, 9.17) is 11.6 Å². The maximum absolute atomic E-state index is 13.4. The molecule has 0 aliphatic carbocycles. The lowest BCUT2D eigenvalue weighted by Gasteiger charge is -2.08. The second kappa shape index (κ2) is 8.32. The lowest BCUT2D eigenvalue weighted by molar-refractivity contribution is -0.113. The van der Waals surface area contributed by atoms with E-state index < -0.39 is 17.2 Å². The minimum absolute atomic E-state index is 0.0524. The Kier molecular flexibility index (Phi) is 5.88. The molecule has 0 fully saturated rings. The first kappa shape index (κ1) is 19.1. The number of nitrogens with one attached hydrogen (secondary N) is 1. The molecule has 0 bridgehead atoms. The van der Waals surface area contributed by atoms with Gasteiger partial charge < -0.3 is 5.32 Å². The van der Waals surface area contributed by atoms with Crippen molar-refractivity contribution in [2.75, 3.05) is 11.1 Å². The lowest BCUT2D eigenvalue weighted by atomic mass is 10.3. The molecule has 27 heavy (non-hydrogen) atoms. The third kappa shape index (κ3) is 4.53. The van der Waals surface area contributed by atoms with E-state index in [1.807, 2.05) is 0 Å². The third-order valence-electron chi connectivity index (χ3n) is 3.48. The van der Waals surface area contributed by atoms with Crippen molar-refractivity contribution in [3.05, 3.63) is 81.9 Å². The number of carbonyl (C=O) groups is 1. The fourth-order valence-electron chi connectivity index (χ4n) is 2.21. The highest BCUT2D eigenvalue weighted by Gasteiger charge is 2.12. The predicted molar refractivity (Wildman–Crippen MR) is 101 cm³/mol. The number of nitrogens with zero attached hydrogens (tertiary/aromatic N) is 2. The second-order valence-corrected chi connectivity index (χ2v) is 6.69. The van der Waals surface area contributed by atoms with Gasteiger partial charge in [-0.3, -0.25) is 14.2 Å². The molecule has 0 radical (unpaired) electrons. The Bertz CT molecular complexity index is 1060. The zero-order valence-corrected chi connectivity index (χ0v) is 15.2. The molecule has 3 rings (SSSR count).